The molecule has 0 saturated carbocycles. The van der Waals surface area contributed by atoms with Gasteiger partial charge >= 0.3 is 0 Å². The van der Waals surface area contributed by atoms with E-state index in [-0.39, 0.29) is 5.75 Å². The first-order chi connectivity index (χ1) is 8.33. The summed E-state index contributed by atoms with van der Waals surface area (Å²) in [4.78, 5) is 8.11. The lowest BCUT2D eigenvalue weighted by atomic mass is 10.1. The van der Waals surface area contributed by atoms with Crippen molar-refractivity contribution in [1.82, 2.24) is 20.2 Å². The fourth-order valence-electron chi connectivity index (χ4n) is 1.81. The molecular weight excluding hydrogens is 216 g/mol. The van der Waals surface area contributed by atoms with Gasteiger partial charge in [0.05, 0.1) is 11.9 Å². The van der Waals surface area contributed by atoms with E-state index in [1.807, 2.05) is 12.1 Å². The van der Waals surface area contributed by atoms with E-state index in [0.29, 0.717) is 6.42 Å². The monoisotopic (exact) mass is 226 g/mol. The molecular formula is C12H10N4O. The Labute approximate surface area is 97.2 Å². The lowest BCUT2D eigenvalue weighted by Crippen LogP contribution is -1.90. The van der Waals surface area contributed by atoms with Gasteiger partial charge in [0, 0.05) is 6.42 Å². The predicted octanol–water partition coefficient (Wildman–Crippen LogP) is 1.65. The number of H-pyrrole nitrogens is 1. The van der Waals surface area contributed by atoms with Crippen LogP contribution in [-0.4, -0.2) is 25.3 Å². The van der Waals surface area contributed by atoms with Crippen molar-refractivity contribution >= 4 is 11.0 Å². The third-order valence-corrected chi connectivity index (χ3v) is 2.58. The van der Waals surface area contributed by atoms with Crippen LogP contribution in [-0.2, 0) is 6.42 Å². The quantitative estimate of drug-likeness (QED) is 0.696. The van der Waals surface area contributed by atoms with Crippen molar-refractivity contribution in [3.05, 3.63) is 48.0 Å². The van der Waals surface area contributed by atoms with Crippen molar-refractivity contribution < 1.29 is 5.11 Å². The van der Waals surface area contributed by atoms with Crippen LogP contribution in [0.3, 0.4) is 0 Å². The Hall–Kier alpha value is -2.43. The molecule has 3 aromatic rings. The van der Waals surface area contributed by atoms with Crippen LogP contribution in [0.25, 0.3) is 11.0 Å². The zero-order valence-electron chi connectivity index (χ0n) is 8.96. The SMILES string of the molecule is Oc1cccc(Cc2[nH]nc3cncnc23)c1. The molecule has 0 aliphatic heterocycles. The first-order valence-electron chi connectivity index (χ1n) is 5.24. The summed E-state index contributed by atoms with van der Waals surface area (Å²) in [6, 6.07) is 7.15. The molecule has 0 unspecified atom stereocenters. The number of fused-ring (bicyclic) bond motifs is 1. The second-order valence-corrected chi connectivity index (χ2v) is 3.81. The lowest BCUT2D eigenvalue weighted by molar-refractivity contribution is 0.474. The zero-order valence-corrected chi connectivity index (χ0v) is 8.96. The maximum absolute atomic E-state index is 9.40. The lowest BCUT2D eigenvalue weighted by Gasteiger charge is -1.99. The fourth-order valence-corrected chi connectivity index (χ4v) is 1.81. The van der Waals surface area contributed by atoms with Gasteiger partial charge < -0.3 is 5.11 Å². The summed E-state index contributed by atoms with van der Waals surface area (Å²) in [5, 5.41) is 16.5. The number of benzene rings is 1. The number of aromatic hydroxyl groups is 1. The molecule has 0 amide bonds. The van der Waals surface area contributed by atoms with E-state index < -0.39 is 0 Å². The van der Waals surface area contributed by atoms with Gasteiger partial charge in [0.15, 0.2) is 0 Å². The van der Waals surface area contributed by atoms with E-state index in [2.05, 4.69) is 20.2 Å². The molecule has 0 spiro atoms. The second kappa shape index (κ2) is 3.86. The zero-order chi connectivity index (χ0) is 11.7. The Morgan fingerprint density at radius 3 is 3.12 bits per heavy atom. The van der Waals surface area contributed by atoms with Crippen LogP contribution in [0.15, 0.2) is 36.8 Å². The highest BCUT2D eigenvalue weighted by Gasteiger charge is 2.07. The Morgan fingerprint density at radius 1 is 1.29 bits per heavy atom. The van der Waals surface area contributed by atoms with Gasteiger partial charge in [-0.05, 0) is 17.7 Å². The highest BCUT2D eigenvalue weighted by atomic mass is 16.3. The third kappa shape index (κ3) is 1.82. The summed E-state index contributed by atoms with van der Waals surface area (Å²) in [5.41, 5.74) is 3.51. The van der Waals surface area contributed by atoms with Gasteiger partial charge in [-0.2, -0.15) is 5.10 Å². The van der Waals surface area contributed by atoms with E-state index in [4.69, 9.17) is 0 Å². The molecule has 2 N–H and O–H groups in total. The molecule has 2 aromatic heterocycles. The number of phenols is 1. The summed E-state index contributed by atoms with van der Waals surface area (Å²) < 4.78 is 0. The Balaban J connectivity index is 2.00. The topological polar surface area (TPSA) is 74.7 Å². The minimum absolute atomic E-state index is 0.265. The third-order valence-electron chi connectivity index (χ3n) is 2.58. The average molecular weight is 226 g/mol. The van der Waals surface area contributed by atoms with Crippen LogP contribution in [0.1, 0.15) is 11.3 Å². The van der Waals surface area contributed by atoms with Crippen molar-refractivity contribution in [2.24, 2.45) is 0 Å². The normalized spacial score (nSPS) is 10.8. The Bertz CT molecular complexity index is 662. The average Bonchev–Trinajstić information content (AvgIpc) is 2.73. The fraction of sp³-hybridized carbons (Fsp3) is 0.0833. The molecule has 5 nitrogen and oxygen atoms in total. The van der Waals surface area contributed by atoms with Crippen LogP contribution in [0.4, 0.5) is 0 Å². The van der Waals surface area contributed by atoms with Crippen molar-refractivity contribution in [3.63, 3.8) is 0 Å². The van der Waals surface area contributed by atoms with Gasteiger partial charge in [-0.25, -0.2) is 9.97 Å². The van der Waals surface area contributed by atoms with Crippen molar-refractivity contribution in [2.45, 2.75) is 6.42 Å². The smallest absolute Gasteiger partial charge is 0.129 e. The van der Waals surface area contributed by atoms with Crippen LogP contribution in [0.2, 0.25) is 0 Å². The van der Waals surface area contributed by atoms with Crippen LogP contribution in [0, 0.1) is 0 Å². The minimum Gasteiger partial charge on any atom is -0.508 e. The van der Waals surface area contributed by atoms with Crippen LogP contribution < -0.4 is 0 Å². The van der Waals surface area contributed by atoms with Crippen molar-refractivity contribution in [1.29, 1.82) is 0 Å². The highest BCUT2D eigenvalue weighted by Crippen LogP contribution is 2.18. The van der Waals surface area contributed by atoms with Gasteiger partial charge in [-0.15, -0.1) is 0 Å². The van der Waals surface area contributed by atoms with Gasteiger partial charge in [0.2, 0.25) is 0 Å². The van der Waals surface area contributed by atoms with E-state index in [1.165, 1.54) is 6.33 Å². The molecule has 0 radical (unpaired) electrons. The molecule has 0 aliphatic rings. The summed E-state index contributed by atoms with van der Waals surface area (Å²) in [5.74, 6) is 0.265. The van der Waals surface area contributed by atoms with Crippen LogP contribution >= 0.6 is 0 Å². The molecule has 0 atom stereocenters. The standard InChI is InChI=1S/C12H10N4O/c17-9-3-1-2-8(4-9)5-10-12-11(16-15-10)6-13-7-14-12/h1-4,6-7,17H,5H2,(H,15,16). The maximum atomic E-state index is 9.40. The van der Waals surface area contributed by atoms with Gasteiger partial charge in [-0.1, -0.05) is 12.1 Å². The molecule has 5 heteroatoms. The summed E-state index contributed by atoms with van der Waals surface area (Å²) >= 11 is 0. The largest absolute Gasteiger partial charge is 0.508 e. The molecule has 3 rings (SSSR count). The summed E-state index contributed by atoms with van der Waals surface area (Å²) in [6.45, 7) is 0. The molecule has 0 bridgehead atoms. The van der Waals surface area contributed by atoms with Gasteiger partial charge in [0.1, 0.15) is 23.1 Å². The predicted molar refractivity (Wildman–Crippen MR) is 62.6 cm³/mol. The van der Waals surface area contributed by atoms with E-state index in [1.54, 1.807) is 18.3 Å². The number of nitrogens with zero attached hydrogens (tertiary/aromatic N) is 3. The second-order valence-electron chi connectivity index (χ2n) is 3.81. The molecule has 0 fully saturated rings. The Kier molecular flexibility index (Phi) is 2.22. The van der Waals surface area contributed by atoms with E-state index in [9.17, 15) is 5.11 Å². The minimum atomic E-state index is 0.265. The number of aromatic nitrogens is 4. The van der Waals surface area contributed by atoms with Crippen molar-refractivity contribution in [3.8, 4) is 5.75 Å². The first-order valence-corrected chi connectivity index (χ1v) is 5.24. The summed E-state index contributed by atoms with van der Waals surface area (Å²) in [6.07, 6.45) is 3.83. The number of phenolic OH excluding ortho intramolecular Hbond substituents is 1. The van der Waals surface area contributed by atoms with Gasteiger partial charge in [-0.3, -0.25) is 5.10 Å². The molecule has 0 saturated heterocycles. The number of aromatic amines is 1. The summed E-state index contributed by atoms with van der Waals surface area (Å²) in [7, 11) is 0. The van der Waals surface area contributed by atoms with Gasteiger partial charge in [0.25, 0.3) is 0 Å². The molecule has 0 aliphatic carbocycles. The number of rotatable bonds is 2. The first kappa shape index (κ1) is 9.77. The molecule has 17 heavy (non-hydrogen) atoms. The number of hydrogen-bond donors (Lipinski definition) is 2. The molecule has 2 heterocycles. The number of nitrogens with one attached hydrogen (secondary N) is 1. The Morgan fingerprint density at radius 2 is 2.24 bits per heavy atom. The maximum Gasteiger partial charge on any atom is 0.129 e. The van der Waals surface area contributed by atoms with E-state index >= 15 is 0 Å². The van der Waals surface area contributed by atoms with Crippen LogP contribution in [0.5, 0.6) is 5.75 Å². The molecule has 1 aromatic carbocycles. The molecule has 84 valence electrons. The van der Waals surface area contributed by atoms with E-state index in [0.717, 1.165) is 22.3 Å². The highest BCUT2D eigenvalue weighted by molar-refractivity contribution is 5.75. The van der Waals surface area contributed by atoms with Crippen molar-refractivity contribution in [2.75, 3.05) is 0 Å². The number of hydrogen-bond acceptors (Lipinski definition) is 4.